The van der Waals surface area contributed by atoms with E-state index in [4.69, 9.17) is 9.15 Å². The van der Waals surface area contributed by atoms with Crippen LogP contribution in [0.2, 0.25) is 0 Å². The summed E-state index contributed by atoms with van der Waals surface area (Å²) in [5, 5.41) is 14.9. The standard InChI is InChI=1S/C18H15N3O5/c1-20-15(10-11-19-20)17(22)9-8-13-6-7-14(26-13)12-25-18-5-3-2-4-16(18)21(23)24/h2-11H,12H2,1H3/b9-8+. The number of benzene rings is 1. The normalized spacial score (nSPS) is 11.0. The van der Waals surface area contributed by atoms with Crippen LogP contribution in [-0.2, 0) is 13.7 Å². The summed E-state index contributed by atoms with van der Waals surface area (Å²) >= 11 is 0. The first-order chi connectivity index (χ1) is 12.5. The number of aromatic nitrogens is 2. The summed E-state index contributed by atoms with van der Waals surface area (Å²) in [6.45, 7) is 0.0361. The molecule has 0 saturated heterocycles. The molecule has 0 saturated carbocycles. The zero-order valence-corrected chi connectivity index (χ0v) is 13.9. The van der Waals surface area contributed by atoms with Crippen LogP contribution in [0.1, 0.15) is 22.0 Å². The number of carbonyl (C=O) groups excluding carboxylic acids is 1. The second-order valence-electron chi connectivity index (χ2n) is 5.36. The third kappa shape index (κ3) is 3.86. The van der Waals surface area contributed by atoms with E-state index in [-0.39, 0.29) is 23.8 Å². The molecule has 1 aromatic carbocycles. The van der Waals surface area contributed by atoms with Crippen LogP contribution in [0, 0.1) is 10.1 Å². The smallest absolute Gasteiger partial charge is 0.310 e. The third-order valence-corrected chi connectivity index (χ3v) is 3.59. The van der Waals surface area contributed by atoms with Crippen molar-refractivity contribution in [2.45, 2.75) is 6.61 Å². The number of para-hydroxylation sites is 2. The van der Waals surface area contributed by atoms with Crippen LogP contribution >= 0.6 is 0 Å². The number of nitro groups is 1. The maximum absolute atomic E-state index is 12.0. The molecule has 0 amide bonds. The van der Waals surface area contributed by atoms with E-state index in [1.54, 1.807) is 49.7 Å². The predicted molar refractivity (Wildman–Crippen MR) is 92.7 cm³/mol. The molecule has 0 fully saturated rings. The van der Waals surface area contributed by atoms with Crippen molar-refractivity contribution in [3.63, 3.8) is 0 Å². The summed E-state index contributed by atoms with van der Waals surface area (Å²) in [7, 11) is 1.69. The molecule has 2 heterocycles. The summed E-state index contributed by atoms with van der Waals surface area (Å²) in [4.78, 5) is 22.5. The van der Waals surface area contributed by atoms with E-state index >= 15 is 0 Å². The predicted octanol–water partition coefficient (Wildman–Crippen LogP) is 3.40. The molecular formula is C18H15N3O5. The monoisotopic (exact) mass is 353 g/mol. The number of ether oxygens (including phenoxy) is 1. The van der Waals surface area contributed by atoms with Gasteiger partial charge in [0.2, 0.25) is 5.78 Å². The van der Waals surface area contributed by atoms with Crippen molar-refractivity contribution in [2.24, 2.45) is 7.05 Å². The first-order valence-corrected chi connectivity index (χ1v) is 7.70. The molecule has 2 aromatic heterocycles. The summed E-state index contributed by atoms with van der Waals surface area (Å²) in [6.07, 6.45) is 4.48. The highest BCUT2D eigenvalue weighted by Crippen LogP contribution is 2.26. The van der Waals surface area contributed by atoms with E-state index in [2.05, 4.69) is 5.10 Å². The van der Waals surface area contributed by atoms with Crippen LogP contribution in [0.5, 0.6) is 5.75 Å². The Morgan fingerprint density at radius 3 is 2.85 bits per heavy atom. The lowest BCUT2D eigenvalue weighted by atomic mass is 10.2. The van der Waals surface area contributed by atoms with E-state index in [1.807, 2.05) is 0 Å². The number of furan rings is 1. The molecule has 0 radical (unpaired) electrons. The number of allylic oxidation sites excluding steroid dienone is 1. The zero-order valence-electron chi connectivity index (χ0n) is 13.9. The van der Waals surface area contributed by atoms with Crippen molar-refractivity contribution in [3.05, 3.63) is 82.1 Å². The number of carbonyl (C=O) groups is 1. The van der Waals surface area contributed by atoms with Crippen LogP contribution < -0.4 is 4.74 Å². The van der Waals surface area contributed by atoms with Gasteiger partial charge in [0, 0.05) is 19.3 Å². The molecule has 132 valence electrons. The molecule has 0 aliphatic rings. The van der Waals surface area contributed by atoms with Gasteiger partial charge in [-0.2, -0.15) is 5.10 Å². The molecule has 8 nitrogen and oxygen atoms in total. The molecule has 0 unspecified atom stereocenters. The summed E-state index contributed by atoms with van der Waals surface area (Å²) < 4.78 is 12.5. The highest BCUT2D eigenvalue weighted by atomic mass is 16.6. The molecule has 26 heavy (non-hydrogen) atoms. The Hall–Kier alpha value is -3.68. The minimum atomic E-state index is -0.504. The lowest BCUT2D eigenvalue weighted by molar-refractivity contribution is -0.386. The minimum Gasteiger partial charge on any atom is -0.479 e. The van der Waals surface area contributed by atoms with Gasteiger partial charge in [0.15, 0.2) is 5.75 Å². The lowest BCUT2D eigenvalue weighted by Crippen LogP contribution is -2.03. The maximum Gasteiger partial charge on any atom is 0.310 e. The van der Waals surface area contributed by atoms with Gasteiger partial charge in [-0.3, -0.25) is 19.6 Å². The summed E-state index contributed by atoms with van der Waals surface area (Å²) in [5.74, 6) is 0.925. The van der Waals surface area contributed by atoms with E-state index in [0.717, 1.165) is 0 Å². The summed E-state index contributed by atoms with van der Waals surface area (Å²) in [5.41, 5.74) is 0.355. The molecule has 0 spiro atoms. The van der Waals surface area contributed by atoms with E-state index in [9.17, 15) is 14.9 Å². The van der Waals surface area contributed by atoms with Gasteiger partial charge >= 0.3 is 5.69 Å². The second kappa shape index (κ2) is 7.47. The number of hydrogen-bond acceptors (Lipinski definition) is 6. The second-order valence-corrected chi connectivity index (χ2v) is 5.36. The fourth-order valence-electron chi connectivity index (χ4n) is 2.30. The van der Waals surface area contributed by atoms with Gasteiger partial charge in [-0.15, -0.1) is 0 Å². The highest BCUT2D eigenvalue weighted by molar-refractivity contribution is 6.05. The van der Waals surface area contributed by atoms with Crippen molar-refractivity contribution < 1.29 is 18.9 Å². The number of aryl methyl sites for hydroxylation is 1. The van der Waals surface area contributed by atoms with Gasteiger partial charge in [-0.1, -0.05) is 12.1 Å². The Labute approximate surface area is 148 Å². The zero-order chi connectivity index (χ0) is 18.5. The summed E-state index contributed by atoms with van der Waals surface area (Å²) in [6, 6.07) is 11.1. The minimum absolute atomic E-state index is 0.0361. The van der Waals surface area contributed by atoms with Crippen LogP contribution in [0.25, 0.3) is 6.08 Å². The molecule has 3 aromatic rings. The molecule has 3 rings (SSSR count). The average Bonchev–Trinajstić information content (AvgIpc) is 3.27. The Kier molecular flexibility index (Phi) is 4.93. The molecule has 0 aliphatic heterocycles. The quantitative estimate of drug-likeness (QED) is 0.279. The van der Waals surface area contributed by atoms with E-state index in [0.29, 0.717) is 17.2 Å². The molecular weight excluding hydrogens is 338 g/mol. The third-order valence-electron chi connectivity index (χ3n) is 3.59. The first-order valence-electron chi connectivity index (χ1n) is 7.70. The fraction of sp³-hybridized carbons (Fsp3) is 0.111. The Bertz CT molecular complexity index is 971. The van der Waals surface area contributed by atoms with Crippen molar-refractivity contribution >= 4 is 17.5 Å². The topological polar surface area (TPSA) is 100 Å². The van der Waals surface area contributed by atoms with E-state index < -0.39 is 4.92 Å². The molecule has 0 N–H and O–H groups in total. The number of rotatable bonds is 7. The van der Waals surface area contributed by atoms with Gasteiger partial charge in [-0.25, -0.2) is 0 Å². The fourth-order valence-corrected chi connectivity index (χ4v) is 2.30. The number of ketones is 1. The van der Waals surface area contributed by atoms with Crippen molar-refractivity contribution in [2.75, 3.05) is 0 Å². The SMILES string of the molecule is Cn1nccc1C(=O)/C=C/c1ccc(COc2ccccc2[N+](=O)[O-])o1. The number of hydrogen-bond donors (Lipinski definition) is 0. The molecule has 0 atom stereocenters. The molecule has 8 heteroatoms. The van der Waals surface area contributed by atoms with Gasteiger partial charge in [0.1, 0.15) is 23.8 Å². The van der Waals surface area contributed by atoms with Crippen molar-refractivity contribution in [3.8, 4) is 5.75 Å². The number of nitro benzene ring substituents is 1. The van der Waals surface area contributed by atoms with Crippen LogP contribution in [0.3, 0.4) is 0 Å². The van der Waals surface area contributed by atoms with Gasteiger partial charge < -0.3 is 9.15 Å². The van der Waals surface area contributed by atoms with Crippen molar-refractivity contribution in [1.29, 1.82) is 0 Å². The first kappa shape index (κ1) is 17.2. The van der Waals surface area contributed by atoms with Gasteiger partial charge in [0.25, 0.3) is 0 Å². The largest absolute Gasteiger partial charge is 0.479 e. The van der Waals surface area contributed by atoms with Crippen LogP contribution in [0.15, 0.2) is 59.2 Å². The van der Waals surface area contributed by atoms with Crippen molar-refractivity contribution in [1.82, 2.24) is 9.78 Å². The molecule has 0 aliphatic carbocycles. The Balaban J connectivity index is 1.64. The maximum atomic E-state index is 12.0. The van der Waals surface area contributed by atoms with Gasteiger partial charge in [-0.05, 0) is 36.4 Å². The van der Waals surface area contributed by atoms with Crippen LogP contribution in [-0.4, -0.2) is 20.5 Å². The van der Waals surface area contributed by atoms with Gasteiger partial charge in [0.05, 0.1) is 4.92 Å². The van der Waals surface area contributed by atoms with E-state index in [1.165, 1.54) is 22.9 Å². The lowest BCUT2D eigenvalue weighted by Gasteiger charge is -2.04. The number of nitrogens with zero attached hydrogens (tertiary/aromatic N) is 3. The highest BCUT2D eigenvalue weighted by Gasteiger charge is 2.14. The Morgan fingerprint density at radius 2 is 2.12 bits per heavy atom. The average molecular weight is 353 g/mol. The molecule has 0 bridgehead atoms. The van der Waals surface area contributed by atoms with Crippen LogP contribution in [0.4, 0.5) is 5.69 Å². The Morgan fingerprint density at radius 1 is 1.31 bits per heavy atom.